The second-order valence-corrected chi connectivity index (χ2v) is 7.64. The minimum absolute atomic E-state index is 0. The van der Waals surface area contributed by atoms with Gasteiger partial charge in [0.25, 0.3) is 0 Å². The molecule has 3 aliphatic rings. The van der Waals surface area contributed by atoms with E-state index in [4.69, 9.17) is 5.32 Å². The molecule has 0 aromatic rings. The Hall–Kier alpha value is 0.130. The van der Waals surface area contributed by atoms with Gasteiger partial charge in [0.15, 0.2) is 0 Å². The molecule has 3 fully saturated rings. The zero-order valence-electron chi connectivity index (χ0n) is 15.6. The van der Waals surface area contributed by atoms with Crippen LogP contribution in [0.2, 0.25) is 0 Å². The predicted molar refractivity (Wildman–Crippen MR) is 98.1 cm³/mol. The summed E-state index contributed by atoms with van der Waals surface area (Å²) in [5.41, 5.74) is 0. The number of hydrogen-bond acceptors (Lipinski definition) is 3. The third-order valence-electron chi connectivity index (χ3n) is 5.48. The predicted octanol–water partition coefficient (Wildman–Crippen LogP) is 3.76. The van der Waals surface area contributed by atoms with Crippen LogP contribution >= 0.6 is 0 Å². The van der Waals surface area contributed by atoms with Gasteiger partial charge in [-0.25, -0.2) is 0 Å². The van der Waals surface area contributed by atoms with Crippen LogP contribution in [0, 0.1) is 12.3 Å². The molecule has 148 valence electrons. The first-order valence-corrected chi connectivity index (χ1v) is 10.0. The van der Waals surface area contributed by atoms with E-state index in [0.29, 0.717) is 6.04 Å². The van der Waals surface area contributed by atoms with Crippen LogP contribution in [0.5, 0.6) is 0 Å². The molecule has 3 rings (SSSR count). The summed E-state index contributed by atoms with van der Waals surface area (Å²) in [6.07, 6.45) is 17.1. The van der Waals surface area contributed by atoms with Gasteiger partial charge in [-0.1, -0.05) is 57.8 Å². The van der Waals surface area contributed by atoms with Gasteiger partial charge in [0.05, 0.1) is 12.1 Å². The van der Waals surface area contributed by atoms with Crippen molar-refractivity contribution in [2.75, 3.05) is 6.54 Å². The minimum Gasteiger partial charge on any atom is -0.862 e. The zero-order chi connectivity index (χ0) is 17.2. The Balaban J connectivity index is 0.000000244. The smallest absolute Gasteiger partial charge is 0.862 e. The Labute approximate surface area is 169 Å². The largest absolute Gasteiger partial charge is 3.00 e. The van der Waals surface area contributed by atoms with Crippen LogP contribution in [0.3, 0.4) is 0 Å². The average molecular weight is 532 g/mol. The van der Waals surface area contributed by atoms with E-state index in [1.54, 1.807) is 0 Å². The van der Waals surface area contributed by atoms with E-state index in [0.717, 1.165) is 38.1 Å². The first kappa shape index (κ1) is 23.2. The summed E-state index contributed by atoms with van der Waals surface area (Å²) in [6, 6.07) is 0.592. The molecule has 1 saturated heterocycles. The van der Waals surface area contributed by atoms with Crippen LogP contribution in [0.15, 0.2) is 4.99 Å². The second kappa shape index (κ2) is 13.3. The van der Waals surface area contributed by atoms with Crippen LogP contribution in [-0.4, -0.2) is 35.7 Å². The molecule has 0 aromatic heterocycles. The average Bonchev–Trinajstić information content (AvgIpc) is 2.59. The first-order chi connectivity index (χ1) is 11.6. The van der Waals surface area contributed by atoms with Gasteiger partial charge in [0.1, 0.15) is 0 Å². The molecular weight excluding hydrogens is 497 g/mol. The number of piperidine rings is 1. The van der Waals surface area contributed by atoms with Crippen LogP contribution in [0.4, 0.5) is 0 Å². The Kier molecular flexibility index (Phi) is 12.3. The number of rotatable bonds is 3. The van der Waals surface area contributed by atoms with Crippen molar-refractivity contribution in [2.45, 2.75) is 102 Å². The Morgan fingerprint density at radius 3 is 2.40 bits per heavy atom. The Morgan fingerprint density at radius 2 is 1.80 bits per heavy atom. The van der Waals surface area contributed by atoms with E-state index in [9.17, 15) is 10.2 Å². The fourth-order valence-corrected chi connectivity index (χ4v) is 4.11. The maximum atomic E-state index is 10.6. The number of aliphatic hydroxyl groups is 1. The number of aliphatic imine (C=N–C) groups is 1. The second-order valence-electron chi connectivity index (χ2n) is 7.64. The molecule has 4 atom stereocenters. The van der Waals surface area contributed by atoms with Crippen molar-refractivity contribution in [3.05, 3.63) is 11.7 Å². The maximum absolute atomic E-state index is 10.6. The van der Waals surface area contributed by atoms with Gasteiger partial charge in [-0.15, -0.1) is 12.6 Å². The zero-order valence-corrected chi connectivity index (χ0v) is 17.8. The van der Waals surface area contributed by atoms with Gasteiger partial charge in [-0.05, 0) is 25.7 Å². The molecule has 2 saturated carbocycles. The number of aliphatic hydroxyl groups excluding tert-OH is 1. The van der Waals surface area contributed by atoms with Crippen LogP contribution in [0.25, 0.3) is 5.32 Å². The van der Waals surface area contributed by atoms with Crippen molar-refractivity contribution in [3.63, 3.8) is 0 Å². The van der Waals surface area contributed by atoms with E-state index in [1.807, 2.05) is 0 Å². The monoisotopic (exact) mass is 532 g/mol. The molecule has 1 heterocycles. The summed E-state index contributed by atoms with van der Waals surface area (Å²) >= 11 is 0. The molecule has 4 nitrogen and oxygen atoms in total. The van der Waals surface area contributed by atoms with Crippen molar-refractivity contribution in [2.24, 2.45) is 10.9 Å². The quantitative estimate of drug-likeness (QED) is 0.260. The maximum Gasteiger partial charge on any atom is 3.00 e. The normalized spacial score (nSPS) is 33.6. The van der Waals surface area contributed by atoms with Gasteiger partial charge in [-0.3, -0.25) is 4.99 Å². The van der Waals surface area contributed by atoms with E-state index in [-0.39, 0.29) is 40.4 Å². The summed E-state index contributed by atoms with van der Waals surface area (Å²) in [4.78, 5) is 3.83. The summed E-state index contributed by atoms with van der Waals surface area (Å²) in [6.45, 7) is 2.57. The molecule has 5 heteroatoms. The third-order valence-corrected chi connectivity index (χ3v) is 5.48. The van der Waals surface area contributed by atoms with E-state index in [2.05, 4.69) is 11.4 Å². The van der Waals surface area contributed by atoms with E-state index < -0.39 is 0 Å². The molecule has 0 amide bonds. The van der Waals surface area contributed by atoms with Crippen molar-refractivity contribution in [3.8, 4) is 0 Å². The van der Waals surface area contributed by atoms with Gasteiger partial charge < -0.3 is 22.0 Å². The van der Waals surface area contributed by atoms with Crippen molar-refractivity contribution in [1.29, 1.82) is 0 Å². The Morgan fingerprint density at radius 1 is 1.08 bits per heavy atom. The SMILES string of the molecule is CC([O-])=NC1CCCCC1O.[Au+3].[CH-]1CCCCC1CC1CCCC[N-]1. The van der Waals surface area contributed by atoms with Crippen molar-refractivity contribution < 1.29 is 32.6 Å². The molecule has 1 N–H and O–H groups in total. The van der Waals surface area contributed by atoms with E-state index >= 15 is 0 Å². The van der Waals surface area contributed by atoms with Crippen LogP contribution in [0.1, 0.15) is 84.0 Å². The molecule has 4 unspecified atom stereocenters. The minimum atomic E-state index is -0.382. The van der Waals surface area contributed by atoms with Gasteiger partial charge in [0, 0.05) is 0 Å². The first-order valence-electron chi connectivity index (χ1n) is 10.0. The van der Waals surface area contributed by atoms with Gasteiger partial charge in [-0.2, -0.15) is 12.3 Å². The molecule has 0 spiro atoms. The van der Waals surface area contributed by atoms with Crippen molar-refractivity contribution >= 4 is 5.90 Å². The molecule has 0 bridgehead atoms. The topological polar surface area (TPSA) is 69.8 Å². The molecular formula is C20H35AuN2O2. The molecule has 1 aliphatic heterocycles. The summed E-state index contributed by atoms with van der Waals surface area (Å²) in [5.74, 6) is 0.733. The van der Waals surface area contributed by atoms with E-state index in [1.165, 1.54) is 58.3 Å². The van der Waals surface area contributed by atoms with Gasteiger partial charge >= 0.3 is 22.4 Å². The molecule has 25 heavy (non-hydrogen) atoms. The number of hydrogen-bond donors (Lipinski definition) is 1. The fraction of sp³-hybridized carbons (Fsp3) is 0.900. The molecule has 0 radical (unpaired) electrons. The Bertz CT molecular complexity index is 347. The van der Waals surface area contributed by atoms with Crippen LogP contribution < -0.4 is 5.11 Å². The molecule has 0 aromatic carbocycles. The van der Waals surface area contributed by atoms with Crippen molar-refractivity contribution in [1.82, 2.24) is 0 Å². The third kappa shape index (κ3) is 9.58. The molecule has 2 aliphatic carbocycles. The number of nitrogens with zero attached hydrogens (tertiary/aromatic N) is 2. The summed E-state index contributed by atoms with van der Waals surface area (Å²) < 4.78 is 0. The standard InChI is InChI=1S/C12H21N.C8H15NO2.Au/c1-2-6-11(7-3-1)10-12-8-4-5-9-13-12;1-6(10)9-7-4-2-3-5-8(7)11;/h6,11-12H,1-5,7-10H2;7-8,11H,2-5H2,1H3,(H,9,10);/q-2;;+3/p-1. The summed E-state index contributed by atoms with van der Waals surface area (Å²) in [5, 5.41) is 24.7. The summed E-state index contributed by atoms with van der Waals surface area (Å²) in [7, 11) is 0. The van der Waals surface area contributed by atoms with Crippen LogP contribution in [-0.2, 0) is 22.4 Å². The fourth-order valence-electron chi connectivity index (χ4n) is 4.11. The van der Waals surface area contributed by atoms with Gasteiger partial charge in [0.2, 0.25) is 0 Å².